The van der Waals surface area contributed by atoms with Crippen LogP contribution in [0.4, 0.5) is 5.69 Å². The number of carbonyl (C=O) groups is 1. The van der Waals surface area contributed by atoms with Crippen molar-refractivity contribution in [3.8, 4) is 17.2 Å². The van der Waals surface area contributed by atoms with Gasteiger partial charge in [-0.15, -0.1) is 0 Å². The van der Waals surface area contributed by atoms with E-state index in [1.54, 1.807) is 25.3 Å². The maximum Gasteiger partial charge on any atom is 0.232 e. The number of sulfonamides is 1. The first-order valence-electron chi connectivity index (χ1n) is 11.0. The molecule has 9 heteroatoms. The standard InChI is InChI=1S/C24H32N2O6S/c1-5-20(18-8-10-21(30-3)17(2)15-18)25-24(27)7-6-12-26(33(4,28)29)19-9-11-22-23(16-19)32-14-13-31-22/h8-11,15-16,20H,5-7,12-14H2,1-4H3,(H,25,27). The molecule has 0 bridgehead atoms. The SMILES string of the molecule is CCC(NC(=O)CCCN(c1ccc2c(c1)OCCO2)S(C)(=O)=O)c1ccc(OC)c(C)c1. The first kappa shape index (κ1) is 24.7. The summed E-state index contributed by atoms with van der Waals surface area (Å²) in [6.45, 7) is 5.05. The van der Waals surface area contributed by atoms with Gasteiger partial charge in [0.25, 0.3) is 0 Å². The molecular formula is C24H32N2O6S. The highest BCUT2D eigenvalue weighted by Crippen LogP contribution is 2.34. The van der Waals surface area contributed by atoms with E-state index in [2.05, 4.69) is 5.32 Å². The fraction of sp³-hybridized carbons (Fsp3) is 0.458. The van der Waals surface area contributed by atoms with E-state index < -0.39 is 10.0 Å². The topological polar surface area (TPSA) is 94.2 Å². The molecule has 0 aliphatic carbocycles. The molecule has 33 heavy (non-hydrogen) atoms. The van der Waals surface area contributed by atoms with E-state index in [1.165, 1.54) is 4.31 Å². The van der Waals surface area contributed by atoms with E-state index in [1.807, 2.05) is 32.0 Å². The predicted molar refractivity (Wildman–Crippen MR) is 128 cm³/mol. The Morgan fingerprint density at radius 3 is 2.52 bits per heavy atom. The van der Waals surface area contributed by atoms with Crippen LogP contribution in [-0.2, 0) is 14.8 Å². The number of nitrogens with zero attached hydrogens (tertiary/aromatic N) is 1. The third kappa shape index (κ3) is 6.31. The maximum atomic E-state index is 12.6. The van der Waals surface area contributed by atoms with Crippen LogP contribution < -0.4 is 23.8 Å². The van der Waals surface area contributed by atoms with Gasteiger partial charge in [0.2, 0.25) is 15.9 Å². The molecule has 180 valence electrons. The zero-order valence-corrected chi connectivity index (χ0v) is 20.4. The molecule has 2 aromatic carbocycles. The molecule has 0 fully saturated rings. The molecule has 0 saturated carbocycles. The molecule has 1 unspecified atom stereocenters. The van der Waals surface area contributed by atoms with Crippen molar-refractivity contribution < 1.29 is 27.4 Å². The first-order valence-corrected chi connectivity index (χ1v) is 12.9. The van der Waals surface area contributed by atoms with Crippen LogP contribution in [0.1, 0.15) is 43.4 Å². The molecule has 0 saturated heterocycles. The highest BCUT2D eigenvalue weighted by Gasteiger charge is 2.21. The Hall–Kier alpha value is -2.94. The highest BCUT2D eigenvalue weighted by atomic mass is 32.2. The molecule has 2 aromatic rings. The number of hydrogen-bond donors (Lipinski definition) is 1. The summed E-state index contributed by atoms with van der Waals surface area (Å²) in [6.07, 6.45) is 2.49. The molecule has 1 N–H and O–H groups in total. The van der Waals surface area contributed by atoms with Crippen molar-refractivity contribution >= 4 is 21.6 Å². The summed E-state index contributed by atoms with van der Waals surface area (Å²) in [6, 6.07) is 10.8. The van der Waals surface area contributed by atoms with Gasteiger partial charge < -0.3 is 19.5 Å². The summed E-state index contributed by atoms with van der Waals surface area (Å²) >= 11 is 0. The molecule has 3 rings (SSSR count). The number of benzene rings is 2. The van der Waals surface area contributed by atoms with Crippen molar-refractivity contribution in [1.82, 2.24) is 5.32 Å². The van der Waals surface area contributed by atoms with Crippen molar-refractivity contribution in [3.05, 3.63) is 47.5 Å². The third-order valence-electron chi connectivity index (χ3n) is 5.54. The second-order valence-corrected chi connectivity index (χ2v) is 9.93. The van der Waals surface area contributed by atoms with Crippen molar-refractivity contribution in [2.75, 3.05) is 37.4 Å². The summed E-state index contributed by atoms with van der Waals surface area (Å²) in [5.74, 6) is 1.80. The Labute approximate surface area is 195 Å². The fourth-order valence-electron chi connectivity index (χ4n) is 3.86. The van der Waals surface area contributed by atoms with E-state index >= 15 is 0 Å². The average Bonchev–Trinajstić information content (AvgIpc) is 2.79. The van der Waals surface area contributed by atoms with Gasteiger partial charge in [-0.2, -0.15) is 0 Å². The van der Waals surface area contributed by atoms with Crippen LogP contribution in [-0.4, -0.2) is 47.4 Å². The van der Waals surface area contributed by atoms with Crippen LogP contribution in [0.5, 0.6) is 17.2 Å². The normalized spacial score (nSPS) is 13.8. The third-order valence-corrected chi connectivity index (χ3v) is 6.74. The van der Waals surface area contributed by atoms with Gasteiger partial charge >= 0.3 is 0 Å². The lowest BCUT2D eigenvalue weighted by atomic mass is 10.0. The minimum absolute atomic E-state index is 0.119. The van der Waals surface area contributed by atoms with E-state index in [9.17, 15) is 13.2 Å². The number of anilines is 1. The van der Waals surface area contributed by atoms with Crippen molar-refractivity contribution in [2.24, 2.45) is 0 Å². The monoisotopic (exact) mass is 476 g/mol. The number of rotatable bonds is 10. The van der Waals surface area contributed by atoms with E-state index in [-0.39, 0.29) is 24.9 Å². The Morgan fingerprint density at radius 2 is 1.88 bits per heavy atom. The van der Waals surface area contributed by atoms with Crippen molar-refractivity contribution in [1.29, 1.82) is 0 Å². The molecule has 1 atom stereocenters. The highest BCUT2D eigenvalue weighted by molar-refractivity contribution is 7.92. The Balaban J connectivity index is 1.61. The number of amides is 1. The Bertz CT molecular complexity index is 1090. The lowest BCUT2D eigenvalue weighted by Crippen LogP contribution is -2.33. The molecule has 1 aliphatic heterocycles. The van der Waals surface area contributed by atoms with Crippen LogP contribution in [0.2, 0.25) is 0 Å². The number of hydrogen-bond acceptors (Lipinski definition) is 6. The number of methoxy groups -OCH3 is 1. The molecular weight excluding hydrogens is 444 g/mol. The fourth-order valence-corrected chi connectivity index (χ4v) is 4.82. The van der Waals surface area contributed by atoms with Crippen LogP contribution in [0.3, 0.4) is 0 Å². The molecule has 0 radical (unpaired) electrons. The number of ether oxygens (including phenoxy) is 3. The van der Waals surface area contributed by atoms with Gasteiger partial charge in [0.15, 0.2) is 11.5 Å². The van der Waals surface area contributed by atoms with E-state index in [4.69, 9.17) is 14.2 Å². The van der Waals surface area contributed by atoms with Gasteiger partial charge in [0.05, 0.1) is 25.1 Å². The van der Waals surface area contributed by atoms with Crippen LogP contribution in [0, 0.1) is 6.92 Å². The summed E-state index contributed by atoms with van der Waals surface area (Å²) in [7, 11) is -1.90. The zero-order valence-electron chi connectivity index (χ0n) is 19.6. The number of fused-ring (bicyclic) bond motifs is 1. The van der Waals surface area contributed by atoms with Crippen molar-refractivity contribution in [3.63, 3.8) is 0 Å². The van der Waals surface area contributed by atoms with Gasteiger partial charge in [-0.3, -0.25) is 9.10 Å². The van der Waals surface area contributed by atoms with E-state index in [0.717, 1.165) is 29.6 Å². The van der Waals surface area contributed by atoms with E-state index in [0.29, 0.717) is 36.8 Å². The van der Waals surface area contributed by atoms with Gasteiger partial charge in [-0.05, 0) is 49.1 Å². The second-order valence-electron chi connectivity index (χ2n) is 8.02. The summed E-state index contributed by atoms with van der Waals surface area (Å²) < 4.78 is 42.5. The van der Waals surface area contributed by atoms with Crippen LogP contribution in [0.15, 0.2) is 36.4 Å². The lowest BCUT2D eigenvalue weighted by Gasteiger charge is -2.25. The molecule has 0 spiro atoms. The predicted octanol–water partition coefficient (Wildman–Crippen LogP) is 3.59. The molecule has 1 amide bonds. The van der Waals surface area contributed by atoms with Crippen LogP contribution in [0.25, 0.3) is 0 Å². The molecule has 1 aliphatic rings. The van der Waals surface area contributed by atoms with Crippen LogP contribution >= 0.6 is 0 Å². The molecule has 1 heterocycles. The Morgan fingerprint density at radius 1 is 1.15 bits per heavy atom. The lowest BCUT2D eigenvalue weighted by molar-refractivity contribution is -0.121. The second kappa shape index (κ2) is 10.8. The molecule has 0 aromatic heterocycles. The number of carbonyl (C=O) groups excluding carboxylic acids is 1. The van der Waals surface area contributed by atoms with Gasteiger partial charge in [-0.1, -0.05) is 19.1 Å². The van der Waals surface area contributed by atoms with Gasteiger partial charge in [0.1, 0.15) is 19.0 Å². The van der Waals surface area contributed by atoms with Crippen molar-refractivity contribution in [2.45, 2.75) is 39.2 Å². The first-order chi connectivity index (χ1) is 15.7. The maximum absolute atomic E-state index is 12.6. The summed E-state index contributed by atoms with van der Waals surface area (Å²) in [5.41, 5.74) is 2.51. The largest absolute Gasteiger partial charge is 0.496 e. The quantitative estimate of drug-likeness (QED) is 0.563. The summed E-state index contributed by atoms with van der Waals surface area (Å²) in [4.78, 5) is 12.6. The number of aryl methyl sites for hydroxylation is 1. The average molecular weight is 477 g/mol. The zero-order chi connectivity index (χ0) is 24.0. The smallest absolute Gasteiger partial charge is 0.232 e. The summed E-state index contributed by atoms with van der Waals surface area (Å²) in [5, 5.41) is 3.06. The Kier molecular flexibility index (Phi) is 8.07. The molecule has 8 nitrogen and oxygen atoms in total. The minimum Gasteiger partial charge on any atom is -0.496 e. The van der Waals surface area contributed by atoms with Gasteiger partial charge in [0, 0.05) is 19.0 Å². The minimum atomic E-state index is -3.53. The number of nitrogens with one attached hydrogen (secondary N) is 1. The van der Waals surface area contributed by atoms with Gasteiger partial charge in [-0.25, -0.2) is 8.42 Å².